The number of unbranched alkanes of at least 4 members (excludes halogenated alkanes) is 3. The average Bonchev–Trinajstić information content (AvgIpc) is 2.65. The number of aliphatic hydroxyl groups is 1. The fourth-order valence-corrected chi connectivity index (χ4v) is 3.11. The number of ether oxygens (including phenoxy) is 2. The second kappa shape index (κ2) is 16.5. The minimum atomic E-state index is -0.805. The van der Waals surface area contributed by atoms with Crippen LogP contribution in [0.2, 0.25) is 0 Å². The minimum absolute atomic E-state index is 0.0180. The van der Waals surface area contributed by atoms with Crippen LogP contribution in [0.15, 0.2) is 24.3 Å². The Morgan fingerprint density at radius 2 is 1.71 bits per heavy atom. The van der Waals surface area contributed by atoms with Gasteiger partial charge in [0, 0.05) is 32.5 Å². The van der Waals surface area contributed by atoms with E-state index >= 15 is 0 Å². The van der Waals surface area contributed by atoms with Gasteiger partial charge in [0.2, 0.25) is 0 Å². The molecule has 2 N–H and O–H groups in total. The number of Topliss-reactive ketones (excluding diaryl/α,β-unsaturated/α-hetero) is 1. The fraction of sp³-hybridized carbons (Fsp3) is 0.727. The third-order valence-corrected chi connectivity index (χ3v) is 4.74. The van der Waals surface area contributed by atoms with Crippen molar-refractivity contribution in [1.82, 2.24) is 0 Å². The molecule has 162 valence electrons. The second-order valence-electron chi connectivity index (χ2n) is 7.08. The molecule has 0 spiro atoms. The van der Waals surface area contributed by atoms with Crippen molar-refractivity contribution in [3.05, 3.63) is 24.3 Å². The van der Waals surface area contributed by atoms with Gasteiger partial charge in [-0.05, 0) is 32.6 Å². The first-order valence-corrected chi connectivity index (χ1v) is 10.2. The van der Waals surface area contributed by atoms with Gasteiger partial charge in [-0.3, -0.25) is 9.59 Å². The van der Waals surface area contributed by atoms with E-state index in [0.29, 0.717) is 25.7 Å². The van der Waals surface area contributed by atoms with Crippen molar-refractivity contribution < 1.29 is 29.3 Å². The number of aliphatic hydroxyl groups excluding tert-OH is 1. The Hall–Kier alpha value is -1.50. The highest BCUT2D eigenvalue weighted by molar-refractivity contribution is 5.79. The van der Waals surface area contributed by atoms with Gasteiger partial charge in [-0.2, -0.15) is 0 Å². The minimum Gasteiger partial charge on any atom is -0.481 e. The van der Waals surface area contributed by atoms with E-state index in [-0.39, 0.29) is 24.0 Å². The molecule has 1 unspecified atom stereocenters. The lowest BCUT2D eigenvalue weighted by Gasteiger charge is -2.28. The van der Waals surface area contributed by atoms with Gasteiger partial charge in [0.25, 0.3) is 0 Å². The Kier molecular flexibility index (Phi) is 15.6. The lowest BCUT2D eigenvalue weighted by atomic mass is 9.84. The zero-order valence-corrected chi connectivity index (χ0v) is 17.8. The number of carboxylic acids is 1. The first kappa shape index (κ1) is 26.5. The average molecular weight is 399 g/mol. The molecular weight excluding hydrogens is 360 g/mol. The van der Waals surface area contributed by atoms with Gasteiger partial charge in [-0.15, -0.1) is 0 Å². The normalized spacial score (nSPS) is 15.4. The van der Waals surface area contributed by atoms with E-state index in [1.807, 2.05) is 18.2 Å². The Morgan fingerprint density at radius 1 is 1.04 bits per heavy atom. The van der Waals surface area contributed by atoms with Crippen LogP contribution >= 0.6 is 0 Å². The molecule has 0 heterocycles. The van der Waals surface area contributed by atoms with E-state index in [4.69, 9.17) is 14.6 Å². The van der Waals surface area contributed by atoms with E-state index in [2.05, 4.69) is 6.92 Å². The molecule has 0 amide bonds. The van der Waals surface area contributed by atoms with Crippen molar-refractivity contribution in [2.75, 3.05) is 14.2 Å². The molecule has 3 atom stereocenters. The van der Waals surface area contributed by atoms with E-state index in [0.717, 1.165) is 19.3 Å². The van der Waals surface area contributed by atoms with Crippen LogP contribution in [0, 0.1) is 11.8 Å². The number of ketones is 1. The monoisotopic (exact) mass is 398 g/mol. The van der Waals surface area contributed by atoms with Gasteiger partial charge in [-0.25, -0.2) is 0 Å². The van der Waals surface area contributed by atoms with Crippen LogP contribution in [0.4, 0.5) is 0 Å². The summed E-state index contributed by atoms with van der Waals surface area (Å²) in [6.45, 7) is 3.66. The molecule has 0 aliphatic carbocycles. The topological polar surface area (TPSA) is 93.1 Å². The zero-order chi connectivity index (χ0) is 21.4. The summed E-state index contributed by atoms with van der Waals surface area (Å²) in [5.74, 6) is -1.46. The molecule has 6 nitrogen and oxygen atoms in total. The molecule has 0 aromatic heterocycles. The van der Waals surface area contributed by atoms with Crippen molar-refractivity contribution in [1.29, 1.82) is 0 Å². The number of rotatable bonds is 17. The lowest BCUT2D eigenvalue weighted by Crippen LogP contribution is -2.33. The summed E-state index contributed by atoms with van der Waals surface area (Å²) in [6, 6.07) is 0. The van der Waals surface area contributed by atoms with Crippen LogP contribution in [0.5, 0.6) is 0 Å². The highest BCUT2D eigenvalue weighted by Gasteiger charge is 2.30. The first-order chi connectivity index (χ1) is 13.4. The summed E-state index contributed by atoms with van der Waals surface area (Å²) in [5.41, 5.74) is 0. The number of hydrogen-bond donors (Lipinski definition) is 2. The molecular formula is C22H38O6. The summed E-state index contributed by atoms with van der Waals surface area (Å²) < 4.78 is 10.8. The fourth-order valence-electron chi connectivity index (χ4n) is 3.11. The van der Waals surface area contributed by atoms with Crippen molar-refractivity contribution in [3.8, 4) is 0 Å². The van der Waals surface area contributed by atoms with Gasteiger partial charge in [-0.1, -0.05) is 50.5 Å². The SMILES string of the molecule is CCCCCC(O)/C=C/[C@H](C(OC)OC)[C@@H](C/C=C\CCCC(=O)O)C(C)=O. The van der Waals surface area contributed by atoms with Crippen LogP contribution in [0.25, 0.3) is 0 Å². The predicted octanol–water partition coefficient (Wildman–Crippen LogP) is 4.13. The smallest absolute Gasteiger partial charge is 0.303 e. The van der Waals surface area contributed by atoms with Crippen LogP contribution in [-0.4, -0.2) is 48.6 Å². The van der Waals surface area contributed by atoms with Gasteiger partial charge in [0.15, 0.2) is 6.29 Å². The molecule has 0 aliphatic rings. The molecule has 0 saturated carbocycles. The highest BCUT2D eigenvalue weighted by atomic mass is 16.7. The third kappa shape index (κ3) is 12.1. The van der Waals surface area contributed by atoms with Crippen molar-refractivity contribution in [2.45, 2.75) is 77.6 Å². The number of hydrogen-bond acceptors (Lipinski definition) is 5. The lowest BCUT2D eigenvalue weighted by molar-refractivity contribution is -0.147. The largest absolute Gasteiger partial charge is 0.481 e. The molecule has 28 heavy (non-hydrogen) atoms. The van der Waals surface area contributed by atoms with E-state index in [1.165, 1.54) is 14.2 Å². The predicted molar refractivity (Wildman–Crippen MR) is 110 cm³/mol. The number of allylic oxidation sites excluding steroid dienone is 2. The number of carbonyl (C=O) groups excluding carboxylic acids is 1. The number of carbonyl (C=O) groups is 2. The van der Waals surface area contributed by atoms with E-state index in [9.17, 15) is 14.7 Å². The third-order valence-electron chi connectivity index (χ3n) is 4.74. The zero-order valence-electron chi connectivity index (χ0n) is 17.8. The quantitative estimate of drug-likeness (QED) is 0.217. The molecule has 0 aromatic carbocycles. The number of methoxy groups -OCH3 is 2. The standard InChI is InChI=1S/C22H38O6/c1-5-6-9-12-18(24)15-16-20(22(27-3)28-4)19(17(2)23)13-10-7-8-11-14-21(25)26/h7,10,15-16,18-20,22,24H,5-6,8-9,11-14H2,1-4H3,(H,25,26)/b10-7-,16-15+/t18?,19-,20-/m0/s1. The maximum absolute atomic E-state index is 12.3. The van der Waals surface area contributed by atoms with E-state index < -0.39 is 18.4 Å². The molecule has 0 fully saturated rings. The van der Waals surface area contributed by atoms with Gasteiger partial charge in [0.1, 0.15) is 5.78 Å². The Morgan fingerprint density at radius 3 is 2.25 bits per heavy atom. The van der Waals surface area contributed by atoms with Crippen molar-refractivity contribution >= 4 is 11.8 Å². The molecule has 0 aliphatic heterocycles. The Balaban J connectivity index is 5.04. The van der Waals surface area contributed by atoms with Gasteiger partial charge >= 0.3 is 5.97 Å². The van der Waals surface area contributed by atoms with Crippen LogP contribution in [0.3, 0.4) is 0 Å². The maximum Gasteiger partial charge on any atom is 0.303 e. The van der Waals surface area contributed by atoms with Crippen LogP contribution < -0.4 is 0 Å². The highest BCUT2D eigenvalue weighted by Crippen LogP contribution is 2.26. The molecule has 0 aromatic rings. The Labute approximate surface area is 169 Å². The van der Waals surface area contributed by atoms with E-state index in [1.54, 1.807) is 13.0 Å². The molecule has 0 bridgehead atoms. The molecule has 0 saturated heterocycles. The van der Waals surface area contributed by atoms with Gasteiger partial charge < -0.3 is 19.7 Å². The summed E-state index contributed by atoms with van der Waals surface area (Å²) >= 11 is 0. The summed E-state index contributed by atoms with van der Waals surface area (Å²) in [4.78, 5) is 22.8. The van der Waals surface area contributed by atoms with Gasteiger partial charge in [0.05, 0.1) is 6.10 Å². The van der Waals surface area contributed by atoms with Crippen LogP contribution in [-0.2, 0) is 19.1 Å². The van der Waals surface area contributed by atoms with Crippen LogP contribution in [0.1, 0.15) is 65.2 Å². The molecule has 6 heteroatoms. The summed E-state index contributed by atoms with van der Waals surface area (Å²) in [7, 11) is 3.07. The summed E-state index contributed by atoms with van der Waals surface area (Å²) in [6.07, 6.45) is 11.9. The number of aliphatic carboxylic acids is 1. The maximum atomic E-state index is 12.3. The summed E-state index contributed by atoms with van der Waals surface area (Å²) in [5, 5.41) is 18.8. The van der Waals surface area contributed by atoms with Crippen molar-refractivity contribution in [3.63, 3.8) is 0 Å². The first-order valence-electron chi connectivity index (χ1n) is 10.2. The second-order valence-corrected chi connectivity index (χ2v) is 7.08. The molecule has 0 rings (SSSR count). The molecule has 0 radical (unpaired) electrons. The Bertz CT molecular complexity index is 481. The van der Waals surface area contributed by atoms with Crippen molar-refractivity contribution in [2.24, 2.45) is 11.8 Å². The number of carboxylic acid groups (broad SMARTS) is 1.